The summed E-state index contributed by atoms with van der Waals surface area (Å²) in [5.74, 6) is 1.62. The normalized spacial score (nSPS) is 10.2. The first-order chi connectivity index (χ1) is 11.2. The molecule has 0 aliphatic heterocycles. The van der Waals surface area contributed by atoms with E-state index in [1.807, 2.05) is 19.1 Å². The van der Waals surface area contributed by atoms with Crippen molar-refractivity contribution >= 4 is 6.16 Å². The standard InChI is InChI=1S/C19H22O4/c1-3-5-6-15-7-9-17(10-8-15)22-19(20)23-18-13-11-16(12-14-18)21-4-2/h7-14H,3-6H2,1-2H3. The molecule has 0 fully saturated rings. The van der Waals surface area contributed by atoms with Crippen molar-refractivity contribution in [3.05, 3.63) is 54.1 Å². The number of benzene rings is 2. The summed E-state index contributed by atoms with van der Waals surface area (Å²) >= 11 is 0. The lowest BCUT2D eigenvalue weighted by Gasteiger charge is -2.07. The Bertz CT molecular complexity index is 602. The Morgan fingerprint density at radius 3 is 1.87 bits per heavy atom. The van der Waals surface area contributed by atoms with Crippen LogP contribution in [0.4, 0.5) is 4.79 Å². The van der Waals surface area contributed by atoms with E-state index in [2.05, 4.69) is 6.92 Å². The van der Waals surface area contributed by atoms with Gasteiger partial charge in [-0.1, -0.05) is 25.5 Å². The average molecular weight is 314 g/mol. The summed E-state index contributed by atoms with van der Waals surface area (Å²) in [5.41, 5.74) is 1.24. The molecule has 2 aromatic carbocycles. The highest BCUT2D eigenvalue weighted by Gasteiger charge is 2.08. The summed E-state index contributed by atoms with van der Waals surface area (Å²) in [6.07, 6.45) is 2.59. The third-order valence-electron chi connectivity index (χ3n) is 3.28. The zero-order chi connectivity index (χ0) is 16.5. The van der Waals surface area contributed by atoms with Crippen molar-refractivity contribution in [1.82, 2.24) is 0 Å². The summed E-state index contributed by atoms with van der Waals surface area (Å²) < 4.78 is 15.6. The van der Waals surface area contributed by atoms with E-state index >= 15 is 0 Å². The lowest BCUT2D eigenvalue weighted by atomic mass is 10.1. The average Bonchev–Trinajstić information content (AvgIpc) is 2.56. The van der Waals surface area contributed by atoms with Gasteiger partial charge in [0.1, 0.15) is 17.2 Å². The minimum absolute atomic E-state index is 0.415. The number of hydrogen-bond donors (Lipinski definition) is 0. The maximum atomic E-state index is 11.8. The number of carbonyl (C=O) groups excluding carboxylic acids is 1. The largest absolute Gasteiger partial charge is 0.519 e. The Morgan fingerprint density at radius 1 is 0.826 bits per heavy atom. The van der Waals surface area contributed by atoms with Gasteiger partial charge in [0.05, 0.1) is 6.61 Å². The summed E-state index contributed by atoms with van der Waals surface area (Å²) in [6, 6.07) is 14.3. The van der Waals surface area contributed by atoms with Gasteiger partial charge in [0.2, 0.25) is 0 Å². The Morgan fingerprint density at radius 2 is 1.35 bits per heavy atom. The van der Waals surface area contributed by atoms with Crippen LogP contribution in [0.15, 0.2) is 48.5 Å². The molecule has 0 radical (unpaired) electrons. The molecule has 0 bridgehead atoms. The van der Waals surface area contributed by atoms with E-state index in [0.29, 0.717) is 18.1 Å². The minimum atomic E-state index is -0.754. The molecular formula is C19H22O4. The fourth-order valence-electron chi connectivity index (χ4n) is 2.09. The molecule has 4 nitrogen and oxygen atoms in total. The lowest BCUT2D eigenvalue weighted by molar-refractivity contribution is 0.152. The first-order valence-electron chi connectivity index (χ1n) is 7.92. The monoisotopic (exact) mass is 314 g/mol. The molecule has 0 aliphatic carbocycles. The van der Waals surface area contributed by atoms with E-state index in [1.54, 1.807) is 36.4 Å². The predicted molar refractivity (Wildman–Crippen MR) is 89.3 cm³/mol. The zero-order valence-electron chi connectivity index (χ0n) is 13.6. The maximum Gasteiger partial charge on any atom is 0.519 e. The molecule has 4 heteroatoms. The van der Waals surface area contributed by atoms with Crippen LogP contribution in [0, 0.1) is 0 Å². The van der Waals surface area contributed by atoms with Gasteiger partial charge in [-0.05, 0) is 61.7 Å². The van der Waals surface area contributed by atoms with Crippen LogP contribution >= 0.6 is 0 Å². The van der Waals surface area contributed by atoms with Crippen LogP contribution in [-0.2, 0) is 6.42 Å². The Hall–Kier alpha value is -2.49. The Labute approximate surface area is 137 Å². The summed E-state index contributed by atoms with van der Waals surface area (Å²) in [5, 5.41) is 0. The fraction of sp³-hybridized carbons (Fsp3) is 0.316. The molecular weight excluding hydrogens is 292 g/mol. The molecule has 0 heterocycles. The van der Waals surface area contributed by atoms with Crippen LogP contribution in [0.2, 0.25) is 0 Å². The topological polar surface area (TPSA) is 44.8 Å². The van der Waals surface area contributed by atoms with Gasteiger partial charge in [0.25, 0.3) is 0 Å². The number of aryl methyl sites for hydroxylation is 1. The summed E-state index contributed by atoms with van der Waals surface area (Å²) in [6.45, 7) is 4.67. The number of carbonyl (C=O) groups is 1. The zero-order valence-corrected chi connectivity index (χ0v) is 13.6. The van der Waals surface area contributed by atoms with Crippen LogP contribution in [0.5, 0.6) is 17.2 Å². The van der Waals surface area contributed by atoms with Crippen molar-refractivity contribution < 1.29 is 19.0 Å². The molecule has 0 spiro atoms. The fourth-order valence-corrected chi connectivity index (χ4v) is 2.09. The van der Waals surface area contributed by atoms with Crippen molar-refractivity contribution in [2.45, 2.75) is 33.1 Å². The second-order valence-electron chi connectivity index (χ2n) is 5.11. The second-order valence-corrected chi connectivity index (χ2v) is 5.11. The molecule has 0 aromatic heterocycles. The maximum absolute atomic E-state index is 11.8. The van der Waals surface area contributed by atoms with Crippen LogP contribution < -0.4 is 14.2 Å². The van der Waals surface area contributed by atoms with Gasteiger partial charge in [-0.15, -0.1) is 0 Å². The summed E-state index contributed by atoms with van der Waals surface area (Å²) in [4.78, 5) is 11.8. The van der Waals surface area contributed by atoms with E-state index in [0.717, 1.165) is 25.0 Å². The van der Waals surface area contributed by atoms with E-state index in [9.17, 15) is 4.79 Å². The van der Waals surface area contributed by atoms with Crippen molar-refractivity contribution in [3.8, 4) is 17.2 Å². The Balaban J connectivity index is 1.86. The van der Waals surface area contributed by atoms with Crippen LogP contribution in [0.3, 0.4) is 0 Å². The van der Waals surface area contributed by atoms with Crippen LogP contribution in [0.25, 0.3) is 0 Å². The van der Waals surface area contributed by atoms with E-state index in [-0.39, 0.29) is 0 Å². The highest BCUT2D eigenvalue weighted by atomic mass is 16.7. The number of hydrogen-bond acceptors (Lipinski definition) is 4. The molecule has 23 heavy (non-hydrogen) atoms. The first kappa shape index (κ1) is 16.9. The van der Waals surface area contributed by atoms with Crippen molar-refractivity contribution in [2.24, 2.45) is 0 Å². The molecule has 2 rings (SSSR count). The highest BCUT2D eigenvalue weighted by Crippen LogP contribution is 2.19. The minimum Gasteiger partial charge on any atom is -0.494 e. The van der Waals surface area contributed by atoms with Crippen LogP contribution in [-0.4, -0.2) is 12.8 Å². The lowest BCUT2D eigenvalue weighted by Crippen LogP contribution is -2.13. The van der Waals surface area contributed by atoms with Gasteiger partial charge >= 0.3 is 6.16 Å². The third kappa shape index (κ3) is 5.66. The smallest absolute Gasteiger partial charge is 0.494 e. The highest BCUT2D eigenvalue weighted by molar-refractivity contribution is 5.67. The van der Waals surface area contributed by atoms with Gasteiger partial charge in [-0.3, -0.25) is 0 Å². The van der Waals surface area contributed by atoms with Crippen LogP contribution in [0.1, 0.15) is 32.3 Å². The molecule has 2 aromatic rings. The number of rotatable bonds is 7. The molecule has 0 amide bonds. The van der Waals surface area contributed by atoms with E-state index < -0.39 is 6.16 Å². The molecule has 0 aliphatic rings. The van der Waals surface area contributed by atoms with Crippen molar-refractivity contribution in [1.29, 1.82) is 0 Å². The van der Waals surface area contributed by atoms with E-state index in [4.69, 9.17) is 14.2 Å². The molecule has 122 valence electrons. The third-order valence-corrected chi connectivity index (χ3v) is 3.28. The molecule has 0 saturated heterocycles. The van der Waals surface area contributed by atoms with Gasteiger partial charge in [0.15, 0.2) is 0 Å². The second kappa shape index (κ2) is 8.83. The van der Waals surface area contributed by atoms with Gasteiger partial charge in [-0.2, -0.15) is 0 Å². The molecule has 0 saturated carbocycles. The Kier molecular flexibility index (Phi) is 6.48. The van der Waals surface area contributed by atoms with Crippen molar-refractivity contribution in [2.75, 3.05) is 6.61 Å². The molecule has 0 unspecified atom stereocenters. The van der Waals surface area contributed by atoms with Crippen molar-refractivity contribution in [3.63, 3.8) is 0 Å². The van der Waals surface area contributed by atoms with E-state index in [1.165, 1.54) is 5.56 Å². The SMILES string of the molecule is CCCCc1ccc(OC(=O)Oc2ccc(OCC)cc2)cc1. The quantitative estimate of drug-likeness (QED) is 0.532. The summed E-state index contributed by atoms with van der Waals surface area (Å²) in [7, 11) is 0. The van der Waals surface area contributed by atoms with Gasteiger partial charge in [0, 0.05) is 0 Å². The van der Waals surface area contributed by atoms with Gasteiger partial charge in [-0.25, -0.2) is 4.79 Å². The number of unbranched alkanes of at least 4 members (excludes halogenated alkanes) is 1. The molecule has 0 atom stereocenters. The predicted octanol–water partition coefficient (Wildman–Crippen LogP) is 5.01. The van der Waals surface area contributed by atoms with Gasteiger partial charge < -0.3 is 14.2 Å². The molecule has 0 N–H and O–H groups in total. The number of ether oxygens (including phenoxy) is 3. The first-order valence-corrected chi connectivity index (χ1v) is 7.92.